The predicted octanol–water partition coefficient (Wildman–Crippen LogP) is 5.85. The molecule has 1 saturated carbocycles. The van der Waals surface area contributed by atoms with E-state index in [1.165, 1.54) is 24.4 Å². The zero-order chi connectivity index (χ0) is 34.8. The number of aromatic hydroxyl groups is 1. The number of rotatable bonds is 7. The molecule has 3 aliphatic heterocycles. The Hall–Kier alpha value is -4.98. The number of fused-ring (bicyclic) bond motifs is 2. The van der Waals surface area contributed by atoms with Crippen molar-refractivity contribution in [3.63, 3.8) is 0 Å². The minimum absolute atomic E-state index is 0.0213. The molecule has 13 heteroatoms. The number of nitrogens with one attached hydrogen (secondary N) is 1. The minimum atomic E-state index is -0.736. The number of carbonyl (C=O) groups excluding carboxylic acids is 1. The van der Waals surface area contributed by atoms with Crippen LogP contribution in [-0.4, -0.2) is 94.4 Å². The second kappa shape index (κ2) is 12.7. The molecule has 2 saturated heterocycles. The Bertz CT molecular complexity index is 2180. The van der Waals surface area contributed by atoms with Gasteiger partial charge in [0.05, 0.1) is 42.9 Å². The van der Waals surface area contributed by atoms with Gasteiger partial charge in [-0.1, -0.05) is 0 Å². The minimum Gasteiger partial charge on any atom is -0.505 e. The van der Waals surface area contributed by atoms with E-state index in [1.807, 2.05) is 0 Å². The number of phenols is 1. The lowest BCUT2D eigenvalue weighted by molar-refractivity contribution is -0.0774. The van der Waals surface area contributed by atoms with E-state index in [0.29, 0.717) is 46.1 Å². The van der Waals surface area contributed by atoms with Crippen LogP contribution in [0.1, 0.15) is 40.2 Å². The summed E-state index contributed by atoms with van der Waals surface area (Å²) in [5.41, 5.74) is 2.71. The number of carbonyl (C=O) groups is 1. The molecule has 0 unspecified atom stereocenters. The van der Waals surface area contributed by atoms with Crippen LogP contribution in [0.25, 0.3) is 33.5 Å². The van der Waals surface area contributed by atoms with Crippen molar-refractivity contribution in [3.8, 4) is 34.0 Å². The van der Waals surface area contributed by atoms with Crippen molar-refractivity contribution in [2.45, 2.75) is 31.3 Å². The number of H-pyrrole nitrogens is 1. The molecule has 0 atom stereocenters. The standard InChI is InChI=1S/C38H35F3N6O4/c39-24-13-27(36(48)33(14-24)47-9-10-51-34-12-22(21-1-2-21)11-30(41)35(34)38(47)49)26-3-4-42-37-28(26)15-32(44-37)31-16-29(40)23(17-43-31)18-45-5-7-46(8-6-45)25-19-50-20-25/h3-4,11-17,21,25,48H,1-2,5-10,18-20H2,(H,42,44). The quantitative estimate of drug-likeness (QED) is 0.219. The molecule has 0 bridgehead atoms. The Morgan fingerprint density at radius 1 is 0.922 bits per heavy atom. The van der Waals surface area contributed by atoms with E-state index < -0.39 is 17.5 Å². The van der Waals surface area contributed by atoms with Gasteiger partial charge >= 0.3 is 0 Å². The van der Waals surface area contributed by atoms with E-state index >= 15 is 13.2 Å². The average molecular weight is 697 g/mol. The van der Waals surface area contributed by atoms with Gasteiger partial charge in [-0.25, -0.2) is 18.2 Å². The molecule has 51 heavy (non-hydrogen) atoms. The van der Waals surface area contributed by atoms with Gasteiger partial charge in [0.25, 0.3) is 5.91 Å². The number of piperazine rings is 1. The van der Waals surface area contributed by atoms with E-state index in [2.05, 4.69) is 24.8 Å². The maximum atomic E-state index is 15.5. The molecular weight excluding hydrogens is 661 g/mol. The second-order valence-corrected chi connectivity index (χ2v) is 13.7. The molecule has 3 fully saturated rings. The van der Waals surface area contributed by atoms with Crippen LogP contribution in [-0.2, 0) is 11.3 Å². The van der Waals surface area contributed by atoms with E-state index in [9.17, 15) is 9.90 Å². The maximum absolute atomic E-state index is 15.5. The highest BCUT2D eigenvalue weighted by atomic mass is 19.1. The molecule has 262 valence electrons. The van der Waals surface area contributed by atoms with Gasteiger partial charge in [0, 0.05) is 73.8 Å². The molecule has 0 spiro atoms. The summed E-state index contributed by atoms with van der Waals surface area (Å²) in [5.74, 6) is -2.50. The van der Waals surface area contributed by atoms with Crippen molar-refractivity contribution in [3.05, 3.63) is 89.0 Å². The lowest BCUT2D eigenvalue weighted by Crippen LogP contribution is -2.56. The molecule has 5 aromatic rings. The van der Waals surface area contributed by atoms with Gasteiger partial charge < -0.3 is 24.5 Å². The molecule has 3 aromatic heterocycles. The van der Waals surface area contributed by atoms with Crippen LogP contribution >= 0.6 is 0 Å². The van der Waals surface area contributed by atoms with Gasteiger partial charge in [0.2, 0.25) is 0 Å². The van der Waals surface area contributed by atoms with E-state index in [4.69, 9.17) is 9.47 Å². The van der Waals surface area contributed by atoms with E-state index in [-0.39, 0.29) is 53.2 Å². The number of ether oxygens (including phenoxy) is 2. The number of anilines is 1. The monoisotopic (exact) mass is 696 g/mol. The van der Waals surface area contributed by atoms with Gasteiger partial charge in [0.15, 0.2) is 0 Å². The molecule has 2 aromatic carbocycles. The predicted molar refractivity (Wildman–Crippen MR) is 183 cm³/mol. The third kappa shape index (κ3) is 5.88. The number of pyridine rings is 2. The fourth-order valence-corrected chi connectivity index (χ4v) is 7.37. The highest BCUT2D eigenvalue weighted by molar-refractivity contribution is 6.10. The lowest BCUT2D eigenvalue weighted by atomic mass is 10.00. The number of nitrogens with zero attached hydrogens (tertiary/aromatic N) is 5. The Balaban J connectivity index is 0.996. The summed E-state index contributed by atoms with van der Waals surface area (Å²) in [4.78, 5) is 31.7. The molecule has 4 aliphatic rings. The first kappa shape index (κ1) is 32.0. The van der Waals surface area contributed by atoms with Gasteiger partial charge in [0.1, 0.15) is 46.8 Å². The fraction of sp³-hybridized carbons (Fsp3) is 0.342. The van der Waals surface area contributed by atoms with Crippen molar-refractivity contribution in [1.82, 2.24) is 24.8 Å². The first-order valence-electron chi connectivity index (χ1n) is 17.3. The first-order chi connectivity index (χ1) is 24.8. The van der Waals surface area contributed by atoms with Crippen molar-refractivity contribution >= 4 is 22.6 Å². The smallest absolute Gasteiger partial charge is 0.265 e. The van der Waals surface area contributed by atoms with Crippen LogP contribution < -0.4 is 9.64 Å². The zero-order valence-corrected chi connectivity index (χ0v) is 27.7. The number of hydrogen-bond donors (Lipinski definition) is 2. The maximum Gasteiger partial charge on any atom is 0.265 e. The summed E-state index contributed by atoms with van der Waals surface area (Å²) < 4.78 is 57.3. The largest absolute Gasteiger partial charge is 0.505 e. The topological polar surface area (TPSA) is 107 Å². The Morgan fingerprint density at radius 3 is 2.49 bits per heavy atom. The molecule has 6 heterocycles. The van der Waals surface area contributed by atoms with Crippen molar-refractivity contribution in [2.24, 2.45) is 0 Å². The van der Waals surface area contributed by atoms with Crippen molar-refractivity contribution < 1.29 is 32.5 Å². The number of aromatic nitrogens is 3. The van der Waals surface area contributed by atoms with Gasteiger partial charge in [-0.15, -0.1) is 0 Å². The Kier molecular flexibility index (Phi) is 7.93. The average Bonchev–Trinajstić information content (AvgIpc) is 3.88. The molecule has 2 N–H and O–H groups in total. The van der Waals surface area contributed by atoms with Crippen molar-refractivity contribution in [2.75, 3.05) is 57.4 Å². The summed E-state index contributed by atoms with van der Waals surface area (Å²) >= 11 is 0. The van der Waals surface area contributed by atoms with Gasteiger partial charge in [-0.05, 0) is 60.2 Å². The number of amides is 1. The van der Waals surface area contributed by atoms with Crippen molar-refractivity contribution in [1.29, 1.82) is 0 Å². The highest BCUT2D eigenvalue weighted by Crippen LogP contribution is 2.45. The van der Waals surface area contributed by atoms with Crippen LogP contribution in [0.3, 0.4) is 0 Å². The molecule has 9 rings (SSSR count). The number of benzene rings is 2. The molecule has 0 radical (unpaired) electrons. The van der Waals surface area contributed by atoms with Crippen LogP contribution in [0.15, 0.2) is 54.9 Å². The molecular formula is C38H35F3N6O4. The van der Waals surface area contributed by atoms with E-state index in [1.54, 1.807) is 24.4 Å². The molecule has 1 amide bonds. The summed E-state index contributed by atoms with van der Waals surface area (Å²) in [6, 6.07) is 10.5. The first-order valence-corrected chi connectivity index (χ1v) is 17.3. The zero-order valence-electron chi connectivity index (χ0n) is 27.7. The lowest BCUT2D eigenvalue weighted by Gasteiger charge is -2.42. The number of aromatic amines is 1. The third-order valence-corrected chi connectivity index (χ3v) is 10.5. The SMILES string of the molecule is O=C1c2c(F)cc(C3CC3)cc2OCCN1c1cc(F)cc(-c2ccnc3[nH]c(-c4cc(F)c(CN5CCN(C6COC6)CC5)cn4)cc23)c1O. The van der Waals surface area contributed by atoms with E-state index in [0.717, 1.165) is 68.8 Å². The summed E-state index contributed by atoms with van der Waals surface area (Å²) in [6.45, 7) is 5.52. The second-order valence-electron chi connectivity index (χ2n) is 13.7. The fourth-order valence-electron chi connectivity index (χ4n) is 7.37. The number of halogens is 3. The van der Waals surface area contributed by atoms with Crippen LogP contribution in [0.4, 0.5) is 18.9 Å². The normalized spacial score (nSPS) is 18.8. The summed E-state index contributed by atoms with van der Waals surface area (Å²) in [5, 5.41) is 12.1. The third-order valence-electron chi connectivity index (χ3n) is 10.5. The number of phenolic OH excluding ortho intramolecular Hbond substituents is 1. The molecule has 1 aliphatic carbocycles. The van der Waals surface area contributed by atoms with Crippen LogP contribution in [0.5, 0.6) is 11.5 Å². The number of hydrogen-bond acceptors (Lipinski definition) is 8. The summed E-state index contributed by atoms with van der Waals surface area (Å²) in [7, 11) is 0. The Labute approximate surface area is 291 Å². The van der Waals surface area contributed by atoms with Gasteiger partial charge in [-0.2, -0.15) is 0 Å². The highest BCUT2D eigenvalue weighted by Gasteiger charge is 2.34. The molecule has 10 nitrogen and oxygen atoms in total. The van der Waals surface area contributed by atoms with Crippen LogP contribution in [0.2, 0.25) is 0 Å². The van der Waals surface area contributed by atoms with Crippen LogP contribution in [0, 0.1) is 17.5 Å². The summed E-state index contributed by atoms with van der Waals surface area (Å²) in [6.07, 6.45) is 4.97. The Morgan fingerprint density at radius 2 is 1.75 bits per heavy atom. The van der Waals surface area contributed by atoms with Gasteiger partial charge in [-0.3, -0.25) is 19.6 Å².